The van der Waals surface area contributed by atoms with Gasteiger partial charge in [0.05, 0.1) is 0 Å². The van der Waals surface area contributed by atoms with Gasteiger partial charge in [0.2, 0.25) is 0 Å². The average molecular weight is 253 g/mol. The maximum absolute atomic E-state index is 10.7. The van der Waals surface area contributed by atoms with Gasteiger partial charge >= 0.3 is 5.97 Å². The van der Waals surface area contributed by atoms with E-state index in [1.54, 1.807) is 12.1 Å². The van der Waals surface area contributed by atoms with E-state index in [1.165, 1.54) is 6.92 Å². The molecule has 0 aliphatic heterocycles. The Morgan fingerprint density at radius 2 is 1.88 bits per heavy atom. The van der Waals surface area contributed by atoms with Crippen molar-refractivity contribution < 1.29 is 14.6 Å². The summed E-state index contributed by atoms with van der Waals surface area (Å²) >= 11 is 4.90. The van der Waals surface area contributed by atoms with Gasteiger partial charge in [-0.25, -0.2) is 4.79 Å². The number of thiocarbonyl (C=S) groups is 1. The fraction of sp³-hybridized carbons (Fsp3) is 0.333. The maximum Gasteiger partial charge on any atom is 0.344 e. The van der Waals surface area contributed by atoms with Gasteiger partial charge in [0.25, 0.3) is 0 Å². The molecular weight excluding hydrogens is 238 g/mol. The minimum absolute atomic E-state index is 0.314. The van der Waals surface area contributed by atoms with E-state index in [0.717, 1.165) is 16.7 Å². The lowest BCUT2D eigenvalue weighted by Crippen LogP contribution is -2.23. The largest absolute Gasteiger partial charge is 0.479 e. The van der Waals surface area contributed by atoms with Crippen LogP contribution in [-0.4, -0.2) is 22.2 Å². The molecule has 0 radical (unpaired) electrons. The lowest BCUT2D eigenvalue weighted by molar-refractivity contribution is -0.144. The number of benzene rings is 1. The molecule has 0 spiro atoms. The van der Waals surface area contributed by atoms with Crippen LogP contribution in [0.1, 0.15) is 23.6 Å². The first-order chi connectivity index (χ1) is 7.82. The molecule has 5 heteroatoms. The van der Waals surface area contributed by atoms with Gasteiger partial charge in [-0.3, -0.25) is 0 Å². The highest BCUT2D eigenvalue weighted by atomic mass is 32.1. The third kappa shape index (κ3) is 3.17. The summed E-state index contributed by atoms with van der Waals surface area (Å²) < 4.78 is 5.39. The highest BCUT2D eigenvalue weighted by Crippen LogP contribution is 2.25. The molecule has 1 unspecified atom stereocenters. The number of carboxylic acids is 1. The standard InChI is InChI=1S/C12H15NO3S/c1-6-4-9(11(13)17)5-7(2)10(6)16-8(3)12(14)15/h4-5,8H,1-3H3,(H2,13,17)(H,14,15). The lowest BCUT2D eigenvalue weighted by Gasteiger charge is -2.16. The van der Waals surface area contributed by atoms with Crippen molar-refractivity contribution in [2.24, 2.45) is 5.73 Å². The Kier molecular flexibility index (Phi) is 4.07. The van der Waals surface area contributed by atoms with E-state index in [9.17, 15) is 4.79 Å². The Hall–Kier alpha value is -1.62. The van der Waals surface area contributed by atoms with Gasteiger partial charge in [-0.05, 0) is 44.0 Å². The highest BCUT2D eigenvalue weighted by molar-refractivity contribution is 7.80. The van der Waals surface area contributed by atoms with Crippen molar-refractivity contribution in [3.05, 3.63) is 28.8 Å². The van der Waals surface area contributed by atoms with Crippen molar-refractivity contribution in [2.75, 3.05) is 0 Å². The molecule has 4 nitrogen and oxygen atoms in total. The summed E-state index contributed by atoms with van der Waals surface area (Å²) in [5, 5.41) is 8.80. The van der Waals surface area contributed by atoms with Crippen LogP contribution in [0.3, 0.4) is 0 Å². The molecule has 0 aliphatic rings. The van der Waals surface area contributed by atoms with Crippen LogP contribution in [-0.2, 0) is 4.79 Å². The number of carbonyl (C=O) groups is 1. The molecule has 0 saturated heterocycles. The first-order valence-corrected chi connectivity index (χ1v) is 5.54. The molecule has 0 bridgehead atoms. The molecule has 3 N–H and O–H groups in total. The van der Waals surface area contributed by atoms with E-state index >= 15 is 0 Å². The second-order valence-electron chi connectivity index (χ2n) is 3.90. The normalized spacial score (nSPS) is 11.9. The number of nitrogens with two attached hydrogens (primary N) is 1. The molecule has 92 valence electrons. The summed E-state index contributed by atoms with van der Waals surface area (Å²) in [6.07, 6.45) is -0.886. The highest BCUT2D eigenvalue weighted by Gasteiger charge is 2.16. The van der Waals surface area contributed by atoms with Gasteiger partial charge in [0.1, 0.15) is 10.7 Å². The molecule has 0 heterocycles. The Bertz CT molecular complexity index is 448. The fourth-order valence-corrected chi connectivity index (χ4v) is 1.62. The zero-order chi connectivity index (χ0) is 13.2. The Balaban J connectivity index is 3.10. The number of aryl methyl sites for hydroxylation is 2. The average Bonchev–Trinajstić information content (AvgIpc) is 2.22. The second kappa shape index (κ2) is 5.14. The zero-order valence-electron chi connectivity index (χ0n) is 9.98. The van der Waals surface area contributed by atoms with Crippen LogP contribution in [0.15, 0.2) is 12.1 Å². The van der Waals surface area contributed by atoms with Gasteiger partial charge in [0, 0.05) is 5.56 Å². The quantitative estimate of drug-likeness (QED) is 0.800. The van der Waals surface area contributed by atoms with E-state index < -0.39 is 12.1 Å². The zero-order valence-corrected chi connectivity index (χ0v) is 10.8. The van der Waals surface area contributed by atoms with Crippen molar-refractivity contribution in [1.29, 1.82) is 0 Å². The summed E-state index contributed by atoms with van der Waals surface area (Å²) in [6, 6.07) is 3.58. The molecular formula is C12H15NO3S. The first-order valence-electron chi connectivity index (χ1n) is 5.13. The van der Waals surface area contributed by atoms with Crippen LogP contribution in [0.4, 0.5) is 0 Å². The SMILES string of the molecule is Cc1cc(C(N)=S)cc(C)c1OC(C)C(=O)O. The smallest absolute Gasteiger partial charge is 0.344 e. The summed E-state index contributed by atoms with van der Waals surface area (Å²) in [6.45, 7) is 5.15. The number of hydrogen-bond acceptors (Lipinski definition) is 3. The molecule has 0 saturated carbocycles. The predicted octanol–water partition coefficient (Wildman–Crippen LogP) is 1.79. The Morgan fingerprint density at radius 3 is 2.24 bits per heavy atom. The molecule has 0 fully saturated rings. The van der Waals surface area contributed by atoms with Crippen molar-refractivity contribution >= 4 is 23.2 Å². The lowest BCUT2D eigenvalue weighted by atomic mass is 10.1. The van der Waals surface area contributed by atoms with E-state index in [0.29, 0.717) is 10.7 Å². The summed E-state index contributed by atoms with van der Waals surface area (Å²) in [4.78, 5) is 11.0. The van der Waals surface area contributed by atoms with Crippen LogP contribution in [0.2, 0.25) is 0 Å². The van der Waals surface area contributed by atoms with Gasteiger partial charge in [-0.15, -0.1) is 0 Å². The fourth-order valence-electron chi connectivity index (χ4n) is 1.51. The molecule has 0 amide bonds. The number of carboxylic acid groups (broad SMARTS) is 1. The molecule has 17 heavy (non-hydrogen) atoms. The van der Waals surface area contributed by atoms with Crippen molar-refractivity contribution in [3.8, 4) is 5.75 Å². The summed E-state index contributed by atoms with van der Waals surface area (Å²) in [7, 11) is 0. The molecule has 1 aromatic carbocycles. The van der Waals surface area contributed by atoms with Crippen LogP contribution in [0.25, 0.3) is 0 Å². The second-order valence-corrected chi connectivity index (χ2v) is 4.34. The van der Waals surface area contributed by atoms with E-state index in [4.69, 9.17) is 27.8 Å². The minimum Gasteiger partial charge on any atom is -0.479 e. The van der Waals surface area contributed by atoms with Gasteiger partial charge in [-0.2, -0.15) is 0 Å². The van der Waals surface area contributed by atoms with E-state index in [1.807, 2.05) is 13.8 Å². The number of aliphatic carboxylic acids is 1. The molecule has 0 aliphatic carbocycles. The van der Waals surface area contributed by atoms with Crippen molar-refractivity contribution in [2.45, 2.75) is 26.9 Å². The third-order valence-corrected chi connectivity index (χ3v) is 2.62. The maximum atomic E-state index is 10.7. The van der Waals surface area contributed by atoms with Gasteiger partial charge in [0.15, 0.2) is 6.10 Å². The molecule has 1 atom stereocenters. The number of hydrogen-bond donors (Lipinski definition) is 2. The molecule has 0 aromatic heterocycles. The summed E-state index contributed by atoms with van der Waals surface area (Å²) in [5.74, 6) is -0.429. The molecule has 1 aromatic rings. The topological polar surface area (TPSA) is 72.5 Å². The van der Waals surface area contributed by atoms with Gasteiger partial charge in [-0.1, -0.05) is 12.2 Å². The van der Waals surface area contributed by atoms with E-state index in [2.05, 4.69) is 0 Å². The van der Waals surface area contributed by atoms with E-state index in [-0.39, 0.29) is 0 Å². The van der Waals surface area contributed by atoms with Gasteiger partial charge < -0.3 is 15.6 Å². The first kappa shape index (κ1) is 13.4. The number of ether oxygens (including phenoxy) is 1. The number of rotatable bonds is 4. The predicted molar refractivity (Wildman–Crippen MR) is 69.5 cm³/mol. The van der Waals surface area contributed by atoms with Crippen molar-refractivity contribution in [3.63, 3.8) is 0 Å². The monoisotopic (exact) mass is 253 g/mol. The van der Waals surface area contributed by atoms with Crippen molar-refractivity contribution in [1.82, 2.24) is 0 Å². The Labute approximate surface area is 105 Å². The third-order valence-electron chi connectivity index (χ3n) is 2.39. The minimum atomic E-state index is -0.998. The van der Waals surface area contributed by atoms with Crippen LogP contribution < -0.4 is 10.5 Å². The Morgan fingerprint density at radius 1 is 1.41 bits per heavy atom. The van der Waals surface area contributed by atoms with Crippen LogP contribution >= 0.6 is 12.2 Å². The molecule has 1 rings (SSSR count). The summed E-state index contributed by atoms with van der Waals surface area (Å²) in [5.41, 5.74) is 7.94. The van der Waals surface area contributed by atoms with Crippen LogP contribution in [0.5, 0.6) is 5.75 Å². The van der Waals surface area contributed by atoms with Crippen LogP contribution in [0, 0.1) is 13.8 Å².